The molecule has 0 aliphatic heterocycles. The van der Waals surface area contributed by atoms with Crippen molar-refractivity contribution in [2.24, 2.45) is 18.2 Å². The summed E-state index contributed by atoms with van der Waals surface area (Å²) in [6.07, 6.45) is 4.05. The smallest absolute Gasteiger partial charge is 0.254 e. The summed E-state index contributed by atoms with van der Waals surface area (Å²) in [6, 6.07) is 0.0696. The largest absolute Gasteiger partial charge is 0.349 e. The molecule has 0 aromatic carbocycles. The van der Waals surface area contributed by atoms with Crippen LogP contribution in [-0.4, -0.2) is 28.3 Å². The molecule has 1 heterocycles. The summed E-state index contributed by atoms with van der Waals surface area (Å²) in [5.41, 5.74) is 6.16. The maximum Gasteiger partial charge on any atom is 0.254 e. The van der Waals surface area contributed by atoms with E-state index in [-0.39, 0.29) is 17.4 Å². The number of rotatable bonds is 4. The van der Waals surface area contributed by atoms with Crippen LogP contribution in [0.2, 0.25) is 0 Å². The second-order valence-corrected chi connectivity index (χ2v) is 5.37. The summed E-state index contributed by atoms with van der Waals surface area (Å²) in [7, 11) is 1.79. The third kappa shape index (κ3) is 3.85. The number of aryl methyl sites for hydroxylation is 1. The van der Waals surface area contributed by atoms with Crippen LogP contribution in [0, 0.1) is 5.41 Å². The first-order valence-electron chi connectivity index (χ1n) is 5.84. The molecular weight excluding hydrogens is 216 g/mol. The van der Waals surface area contributed by atoms with Gasteiger partial charge in [0.05, 0.1) is 11.8 Å². The number of carbonyl (C=O) groups is 1. The predicted molar refractivity (Wildman–Crippen MR) is 67.6 cm³/mol. The van der Waals surface area contributed by atoms with Crippen LogP contribution in [0.4, 0.5) is 0 Å². The molecule has 1 atom stereocenters. The third-order valence-electron chi connectivity index (χ3n) is 2.77. The number of nitrogens with two attached hydrogens (primary N) is 1. The van der Waals surface area contributed by atoms with E-state index in [4.69, 9.17) is 5.73 Å². The molecule has 0 aliphatic rings. The van der Waals surface area contributed by atoms with Gasteiger partial charge in [0.2, 0.25) is 0 Å². The van der Waals surface area contributed by atoms with E-state index in [2.05, 4.69) is 31.2 Å². The number of carbonyl (C=O) groups excluding carboxylic acids is 1. The Balaban J connectivity index is 2.71. The van der Waals surface area contributed by atoms with Crippen LogP contribution in [0.5, 0.6) is 0 Å². The monoisotopic (exact) mass is 238 g/mol. The summed E-state index contributed by atoms with van der Waals surface area (Å²) in [6.45, 7) is 6.85. The summed E-state index contributed by atoms with van der Waals surface area (Å²) < 4.78 is 1.62. The zero-order valence-corrected chi connectivity index (χ0v) is 11.0. The van der Waals surface area contributed by atoms with Gasteiger partial charge in [-0.2, -0.15) is 5.10 Å². The molecule has 1 unspecified atom stereocenters. The van der Waals surface area contributed by atoms with E-state index in [1.54, 1.807) is 24.1 Å². The van der Waals surface area contributed by atoms with Crippen LogP contribution < -0.4 is 11.1 Å². The zero-order chi connectivity index (χ0) is 13.1. The van der Waals surface area contributed by atoms with Crippen molar-refractivity contribution < 1.29 is 4.79 Å². The molecular formula is C12H22N4O. The minimum atomic E-state index is -0.0912. The molecule has 1 rings (SSSR count). The standard InChI is InChI=1S/C12H22N4O/c1-12(2,3)10(5-6-13)15-11(17)9-7-14-16(4)8-9/h7-8,10H,5-6,13H2,1-4H3,(H,15,17). The summed E-state index contributed by atoms with van der Waals surface area (Å²) in [5, 5.41) is 7.00. The average molecular weight is 238 g/mol. The summed E-state index contributed by atoms with van der Waals surface area (Å²) in [5.74, 6) is -0.0912. The zero-order valence-electron chi connectivity index (χ0n) is 11.0. The van der Waals surface area contributed by atoms with Gasteiger partial charge >= 0.3 is 0 Å². The van der Waals surface area contributed by atoms with Gasteiger partial charge < -0.3 is 11.1 Å². The first-order chi connectivity index (χ1) is 7.84. The van der Waals surface area contributed by atoms with E-state index in [1.807, 2.05) is 0 Å². The number of hydrogen-bond acceptors (Lipinski definition) is 3. The van der Waals surface area contributed by atoms with E-state index in [1.165, 1.54) is 0 Å². The van der Waals surface area contributed by atoms with Crippen molar-refractivity contribution in [2.45, 2.75) is 33.2 Å². The topological polar surface area (TPSA) is 72.9 Å². The molecule has 0 bridgehead atoms. The Kier molecular flexibility index (Phi) is 4.28. The highest BCUT2D eigenvalue weighted by Crippen LogP contribution is 2.21. The Morgan fingerprint density at radius 1 is 1.59 bits per heavy atom. The molecule has 0 aliphatic carbocycles. The molecule has 5 nitrogen and oxygen atoms in total. The second-order valence-electron chi connectivity index (χ2n) is 5.37. The van der Waals surface area contributed by atoms with Gasteiger partial charge in [-0.05, 0) is 18.4 Å². The van der Waals surface area contributed by atoms with Crippen molar-refractivity contribution in [2.75, 3.05) is 6.54 Å². The Hall–Kier alpha value is -1.36. The van der Waals surface area contributed by atoms with Crippen molar-refractivity contribution in [1.29, 1.82) is 0 Å². The van der Waals surface area contributed by atoms with E-state index >= 15 is 0 Å². The predicted octanol–water partition coefficient (Wildman–Crippen LogP) is 0.913. The van der Waals surface area contributed by atoms with Crippen LogP contribution in [0.1, 0.15) is 37.6 Å². The maximum atomic E-state index is 12.0. The average Bonchev–Trinajstić information content (AvgIpc) is 2.62. The Morgan fingerprint density at radius 2 is 2.24 bits per heavy atom. The molecule has 0 spiro atoms. The van der Waals surface area contributed by atoms with Gasteiger partial charge in [0.1, 0.15) is 0 Å². The van der Waals surface area contributed by atoms with Gasteiger partial charge in [-0.15, -0.1) is 0 Å². The van der Waals surface area contributed by atoms with Crippen LogP contribution in [-0.2, 0) is 7.05 Å². The Morgan fingerprint density at radius 3 is 2.65 bits per heavy atom. The molecule has 0 saturated carbocycles. The molecule has 1 amide bonds. The lowest BCUT2D eigenvalue weighted by Crippen LogP contribution is -2.44. The van der Waals surface area contributed by atoms with E-state index in [9.17, 15) is 4.79 Å². The Labute approximate surface area is 102 Å². The van der Waals surface area contributed by atoms with Crippen molar-refractivity contribution in [3.8, 4) is 0 Å². The molecule has 5 heteroatoms. The van der Waals surface area contributed by atoms with Crippen LogP contribution >= 0.6 is 0 Å². The fraction of sp³-hybridized carbons (Fsp3) is 0.667. The highest BCUT2D eigenvalue weighted by molar-refractivity contribution is 5.93. The lowest BCUT2D eigenvalue weighted by atomic mass is 9.84. The maximum absolute atomic E-state index is 12.0. The fourth-order valence-corrected chi connectivity index (χ4v) is 1.67. The molecule has 96 valence electrons. The molecule has 0 saturated heterocycles. The van der Waals surface area contributed by atoms with Gasteiger partial charge in [-0.25, -0.2) is 0 Å². The number of aromatic nitrogens is 2. The summed E-state index contributed by atoms with van der Waals surface area (Å²) >= 11 is 0. The molecule has 1 aromatic heterocycles. The van der Waals surface area contributed by atoms with Crippen molar-refractivity contribution in [3.63, 3.8) is 0 Å². The highest BCUT2D eigenvalue weighted by Gasteiger charge is 2.26. The fourth-order valence-electron chi connectivity index (χ4n) is 1.67. The van der Waals surface area contributed by atoms with E-state index in [0.717, 1.165) is 6.42 Å². The van der Waals surface area contributed by atoms with Gasteiger partial charge in [0, 0.05) is 19.3 Å². The lowest BCUT2D eigenvalue weighted by molar-refractivity contribution is 0.0899. The molecule has 0 radical (unpaired) electrons. The first kappa shape index (κ1) is 13.7. The van der Waals surface area contributed by atoms with Crippen molar-refractivity contribution in [1.82, 2.24) is 15.1 Å². The molecule has 1 aromatic rings. The number of nitrogens with zero attached hydrogens (tertiary/aromatic N) is 2. The number of nitrogens with one attached hydrogen (secondary N) is 1. The molecule has 3 N–H and O–H groups in total. The van der Waals surface area contributed by atoms with Crippen molar-refractivity contribution >= 4 is 5.91 Å². The van der Waals surface area contributed by atoms with Crippen LogP contribution in [0.3, 0.4) is 0 Å². The first-order valence-corrected chi connectivity index (χ1v) is 5.84. The van der Waals surface area contributed by atoms with Crippen molar-refractivity contribution in [3.05, 3.63) is 18.0 Å². The minimum absolute atomic E-state index is 0.00274. The SMILES string of the molecule is Cn1cc(C(=O)NC(CCN)C(C)(C)C)cn1. The second kappa shape index (κ2) is 5.31. The van der Waals surface area contributed by atoms with Crippen LogP contribution in [0.25, 0.3) is 0 Å². The minimum Gasteiger partial charge on any atom is -0.349 e. The summed E-state index contributed by atoms with van der Waals surface area (Å²) in [4.78, 5) is 12.0. The number of amides is 1. The normalized spacial score (nSPS) is 13.5. The third-order valence-corrected chi connectivity index (χ3v) is 2.77. The van der Waals surface area contributed by atoms with E-state index in [0.29, 0.717) is 12.1 Å². The van der Waals surface area contributed by atoms with E-state index < -0.39 is 0 Å². The van der Waals surface area contributed by atoms with Gasteiger partial charge in [-0.3, -0.25) is 9.48 Å². The lowest BCUT2D eigenvalue weighted by Gasteiger charge is -2.31. The van der Waals surface area contributed by atoms with Gasteiger partial charge in [-0.1, -0.05) is 20.8 Å². The molecule has 17 heavy (non-hydrogen) atoms. The van der Waals surface area contributed by atoms with Gasteiger partial charge in [0.25, 0.3) is 5.91 Å². The Bertz CT molecular complexity index is 378. The highest BCUT2D eigenvalue weighted by atomic mass is 16.1. The van der Waals surface area contributed by atoms with Crippen LogP contribution in [0.15, 0.2) is 12.4 Å². The van der Waals surface area contributed by atoms with Gasteiger partial charge in [0.15, 0.2) is 0 Å². The quantitative estimate of drug-likeness (QED) is 0.819. The number of hydrogen-bond donors (Lipinski definition) is 2. The molecule has 0 fully saturated rings.